The molecule has 1 aromatic heterocycles. The first-order valence-electron chi connectivity index (χ1n) is 7.75. The van der Waals surface area contributed by atoms with Crippen LogP contribution in [0.5, 0.6) is 11.6 Å². The molecule has 0 unspecified atom stereocenters. The number of halogens is 2. The molecule has 2 aromatic carbocycles. The van der Waals surface area contributed by atoms with Crippen molar-refractivity contribution in [1.29, 1.82) is 0 Å². The number of phenols is 1. The molecule has 3 rings (SSSR count). The van der Waals surface area contributed by atoms with Crippen LogP contribution in [0.4, 0.5) is 4.39 Å². The van der Waals surface area contributed by atoms with E-state index in [2.05, 4.69) is 10.1 Å². The van der Waals surface area contributed by atoms with Crippen LogP contribution in [0, 0.1) is 5.82 Å². The summed E-state index contributed by atoms with van der Waals surface area (Å²) in [4.78, 5) is 3.96. The van der Waals surface area contributed by atoms with Crippen molar-refractivity contribution in [3.8, 4) is 33.9 Å². The van der Waals surface area contributed by atoms with Crippen molar-refractivity contribution in [3.63, 3.8) is 0 Å². The van der Waals surface area contributed by atoms with Crippen LogP contribution >= 0.6 is 11.6 Å². The lowest BCUT2D eigenvalue weighted by molar-refractivity contribution is 0.318. The normalized spacial score (nSPS) is 11.4. The van der Waals surface area contributed by atoms with Gasteiger partial charge in [0.05, 0.1) is 13.3 Å². The molecule has 0 aliphatic rings. The van der Waals surface area contributed by atoms with Crippen LogP contribution in [0.15, 0.2) is 53.8 Å². The molecule has 0 atom stereocenters. The number of aromatic nitrogens is 1. The molecule has 0 aliphatic heterocycles. The first-order valence-corrected chi connectivity index (χ1v) is 8.13. The highest BCUT2D eigenvalue weighted by atomic mass is 35.5. The van der Waals surface area contributed by atoms with Crippen LogP contribution in [-0.4, -0.2) is 28.2 Å². The molecule has 27 heavy (non-hydrogen) atoms. The number of hydrogen-bond donors (Lipinski definition) is 3. The maximum Gasteiger partial charge on any atom is 0.221 e. The third-order valence-corrected chi connectivity index (χ3v) is 4.16. The van der Waals surface area contributed by atoms with Crippen molar-refractivity contribution in [1.82, 2.24) is 4.98 Å². The minimum absolute atomic E-state index is 0.0870. The third-order valence-electron chi connectivity index (χ3n) is 3.95. The summed E-state index contributed by atoms with van der Waals surface area (Å²) in [5.74, 6) is -0.545. The largest absolute Gasteiger partial charge is 0.508 e. The van der Waals surface area contributed by atoms with Gasteiger partial charge in [-0.3, -0.25) is 0 Å². The van der Waals surface area contributed by atoms with Crippen LogP contribution in [-0.2, 0) is 0 Å². The molecule has 3 aromatic rings. The van der Waals surface area contributed by atoms with Gasteiger partial charge in [-0.1, -0.05) is 28.9 Å². The Balaban J connectivity index is 2.43. The van der Waals surface area contributed by atoms with E-state index in [0.717, 1.165) is 6.20 Å². The van der Waals surface area contributed by atoms with Crippen LogP contribution in [0.3, 0.4) is 0 Å². The van der Waals surface area contributed by atoms with Crippen LogP contribution in [0.1, 0.15) is 5.56 Å². The Morgan fingerprint density at radius 1 is 1.19 bits per heavy atom. The molecule has 4 N–H and O–H groups in total. The molecule has 8 heteroatoms. The molecule has 0 fully saturated rings. The van der Waals surface area contributed by atoms with Gasteiger partial charge in [0.25, 0.3) is 0 Å². The monoisotopic (exact) mass is 387 g/mol. The van der Waals surface area contributed by atoms with Gasteiger partial charge in [0, 0.05) is 21.7 Å². The lowest BCUT2D eigenvalue weighted by Crippen LogP contribution is -2.15. The summed E-state index contributed by atoms with van der Waals surface area (Å²) in [6.45, 7) is 0. The summed E-state index contributed by atoms with van der Waals surface area (Å²) in [6, 6.07) is 10.7. The van der Waals surface area contributed by atoms with Gasteiger partial charge >= 0.3 is 0 Å². The molecule has 0 aliphatic carbocycles. The summed E-state index contributed by atoms with van der Waals surface area (Å²) < 4.78 is 19.2. The number of pyridine rings is 1. The predicted molar refractivity (Wildman–Crippen MR) is 101 cm³/mol. The Morgan fingerprint density at radius 3 is 2.52 bits per heavy atom. The number of methoxy groups -OCH3 is 1. The summed E-state index contributed by atoms with van der Waals surface area (Å²) >= 11 is 6.23. The highest BCUT2D eigenvalue weighted by Crippen LogP contribution is 2.41. The summed E-state index contributed by atoms with van der Waals surface area (Å²) in [6.07, 6.45) is 1.03. The molecular formula is C19H15ClFN3O3. The maximum atomic E-state index is 14.0. The Hall–Kier alpha value is -3.32. The van der Waals surface area contributed by atoms with Crippen molar-refractivity contribution in [2.24, 2.45) is 10.9 Å². The van der Waals surface area contributed by atoms with E-state index >= 15 is 0 Å². The highest BCUT2D eigenvalue weighted by Gasteiger charge is 2.21. The molecule has 0 radical (unpaired) electrons. The summed E-state index contributed by atoms with van der Waals surface area (Å²) in [5.41, 5.74) is 8.08. The number of phenolic OH excluding ortho intramolecular Hbond substituents is 1. The van der Waals surface area contributed by atoms with Gasteiger partial charge < -0.3 is 20.8 Å². The summed E-state index contributed by atoms with van der Waals surface area (Å²) in [5, 5.41) is 22.1. The molecular weight excluding hydrogens is 373 g/mol. The average molecular weight is 388 g/mol. The minimum Gasteiger partial charge on any atom is -0.508 e. The van der Waals surface area contributed by atoms with Crippen molar-refractivity contribution >= 4 is 17.4 Å². The van der Waals surface area contributed by atoms with E-state index in [1.807, 2.05) is 0 Å². The zero-order valence-corrected chi connectivity index (χ0v) is 14.9. The second-order valence-electron chi connectivity index (χ2n) is 5.62. The van der Waals surface area contributed by atoms with E-state index in [0.29, 0.717) is 27.3 Å². The average Bonchev–Trinajstić information content (AvgIpc) is 2.67. The molecule has 6 nitrogen and oxygen atoms in total. The topological polar surface area (TPSA) is 101 Å². The van der Waals surface area contributed by atoms with Crippen LogP contribution in [0.2, 0.25) is 5.02 Å². The van der Waals surface area contributed by atoms with Gasteiger partial charge in [-0.25, -0.2) is 9.37 Å². The molecule has 138 valence electrons. The van der Waals surface area contributed by atoms with E-state index in [4.69, 9.17) is 22.1 Å². The molecule has 0 spiro atoms. The predicted octanol–water partition coefficient (Wildman–Crippen LogP) is 4.02. The first kappa shape index (κ1) is 18.5. The summed E-state index contributed by atoms with van der Waals surface area (Å²) in [7, 11) is 1.41. The van der Waals surface area contributed by atoms with Gasteiger partial charge in [-0.05, 0) is 41.5 Å². The number of hydrogen-bond acceptors (Lipinski definition) is 5. The molecule has 0 bridgehead atoms. The lowest BCUT2D eigenvalue weighted by Gasteiger charge is -2.17. The Kier molecular flexibility index (Phi) is 5.14. The Labute approximate surface area is 159 Å². The van der Waals surface area contributed by atoms with E-state index in [-0.39, 0.29) is 23.0 Å². The van der Waals surface area contributed by atoms with Gasteiger partial charge in [0.1, 0.15) is 11.6 Å². The SMILES string of the molecule is COc1ncc(F)cc1-c1c(/C(N)=N/O)cc(Cl)cc1-c1ccc(O)cc1. The van der Waals surface area contributed by atoms with Crippen LogP contribution < -0.4 is 10.5 Å². The van der Waals surface area contributed by atoms with Crippen molar-refractivity contribution < 1.29 is 19.4 Å². The van der Waals surface area contributed by atoms with Gasteiger partial charge in [0.2, 0.25) is 5.88 Å². The standard InChI is InChI=1S/C19H15ClFN3O3/c1-27-19-16(8-12(21)9-23-19)17-14(10-2-4-13(25)5-3-10)6-11(20)7-15(17)18(22)24-26/h2-9,25-26H,1H3,(H2,22,24). The smallest absolute Gasteiger partial charge is 0.221 e. The highest BCUT2D eigenvalue weighted by molar-refractivity contribution is 6.31. The fraction of sp³-hybridized carbons (Fsp3) is 0.0526. The number of nitrogens with zero attached hydrogens (tertiary/aromatic N) is 2. The Morgan fingerprint density at radius 2 is 1.89 bits per heavy atom. The minimum atomic E-state index is -0.581. The molecule has 0 amide bonds. The number of amidine groups is 1. The third kappa shape index (κ3) is 3.63. The number of rotatable bonds is 4. The van der Waals surface area contributed by atoms with E-state index in [9.17, 15) is 14.7 Å². The molecule has 1 heterocycles. The number of benzene rings is 2. The van der Waals surface area contributed by atoms with Gasteiger partial charge in [-0.15, -0.1) is 0 Å². The first-order chi connectivity index (χ1) is 12.9. The van der Waals surface area contributed by atoms with Crippen molar-refractivity contribution in [2.75, 3.05) is 7.11 Å². The lowest BCUT2D eigenvalue weighted by atomic mass is 9.90. The second kappa shape index (κ2) is 7.51. The van der Waals surface area contributed by atoms with E-state index < -0.39 is 5.82 Å². The number of nitrogens with two attached hydrogens (primary N) is 1. The number of oxime groups is 1. The maximum absolute atomic E-state index is 14.0. The van der Waals surface area contributed by atoms with Gasteiger partial charge in [-0.2, -0.15) is 0 Å². The van der Waals surface area contributed by atoms with Gasteiger partial charge in [0.15, 0.2) is 5.84 Å². The fourth-order valence-corrected chi connectivity index (χ4v) is 3.01. The van der Waals surface area contributed by atoms with Crippen molar-refractivity contribution in [2.45, 2.75) is 0 Å². The molecule has 0 saturated carbocycles. The number of aromatic hydroxyl groups is 1. The van der Waals surface area contributed by atoms with Crippen LogP contribution in [0.25, 0.3) is 22.3 Å². The van der Waals surface area contributed by atoms with Crippen molar-refractivity contribution in [3.05, 3.63) is 65.1 Å². The number of ether oxygens (including phenoxy) is 1. The fourth-order valence-electron chi connectivity index (χ4n) is 2.79. The zero-order valence-electron chi connectivity index (χ0n) is 14.1. The van der Waals surface area contributed by atoms with E-state index in [1.54, 1.807) is 18.2 Å². The Bertz CT molecular complexity index is 1020. The van der Waals surface area contributed by atoms with E-state index in [1.165, 1.54) is 31.4 Å². The molecule has 0 saturated heterocycles. The second-order valence-corrected chi connectivity index (χ2v) is 6.05. The quantitative estimate of drug-likeness (QED) is 0.272. The zero-order chi connectivity index (χ0) is 19.6.